The average Bonchev–Trinajstić information content (AvgIpc) is 3.42. The number of hydrogen-bond acceptors (Lipinski definition) is 4. The molecule has 0 aliphatic carbocycles. The van der Waals surface area contributed by atoms with E-state index >= 15 is 0 Å². The molecule has 0 bridgehead atoms. The van der Waals surface area contributed by atoms with E-state index in [1.165, 1.54) is 0 Å². The van der Waals surface area contributed by atoms with Crippen molar-refractivity contribution in [2.45, 2.75) is 19.9 Å². The van der Waals surface area contributed by atoms with E-state index in [0.717, 1.165) is 11.4 Å². The molecular formula is C23H21ClN6O2. The second-order valence-corrected chi connectivity index (χ2v) is 7.63. The topological polar surface area (TPSA) is 93.8 Å². The van der Waals surface area contributed by atoms with Crippen LogP contribution in [0.3, 0.4) is 0 Å². The van der Waals surface area contributed by atoms with Crippen LogP contribution in [0.15, 0.2) is 73.3 Å². The van der Waals surface area contributed by atoms with Crippen molar-refractivity contribution in [3.8, 4) is 5.69 Å². The minimum atomic E-state index is -0.317. The van der Waals surface area contributed by atoms with Crippen molar-refractivity contribution in [1.29, 1.82) is 0 Å². The highest BCUT2D eigenvalue weighted by atomic mass is 35.5. The van der Waals surface area contributed by atoms with Crippen molar-refractivity contribution < 1.29 is 9.59 Å². The lowest BCUT2D eigenvalue weighted by molar-refractivity contribution is -0.116. The molecule has 2 heterocycles. The van der Waals surface area contributed by atoms with Crippen molar-refractivity contribution in [2.75, 3.05) is 10.6 Å². The zero-order chi connectivity index (χ0) is 22.5. The molecule has 0 unspecified atom stereocenters. The second-order valence-electron chi connectivity index (χ2n) is 7.20. The fraction of sp³-hybridized carbons (Fsp3) is 0.130. The smallest absolute Gasteiger partial charge is 0.256 e. The highest BCUT2D eigenvalue weighted by molar-refractivity contribution is 6.30. The number of imidazole rings is 1. The Kier molecular flexibility index (Phi) is 6.32. The van der Waals surface area contributed by atoms with E-state index < -0.39 is 0 Å². The van der Waals surface area contributed by atoms with Crippen molar-refractivity contribution in [2.24, 2.45) is 0 Å². The van der Waals surface area contributed by atoms with Crippen LogP contribution in [0.5, 0.6) is 0 Å². The number of anilines is 2. The van der Waals surface area contributed by atoms with Crippen molar-refractivity contribution >= 4 is 34.9 Å². The standard InChI is InChI=1S/C23H21ClN6O2/c1-16-12-21(30(28-16)20-7-3-5-18(24)14-20)27-23(32)17-4-2-6-19(13-17)26-22(31)8-10-29-11-9-25-15-29/h2-7,9,11-15H,8,10H2,1H3,(H,26,31)(H,27,32). The lowest BCUT2D eigenvalue weighted by atomic mass is 10.2. The Morgan fingerprint density at radius 2 is 1.91 bits per heavy atom. The van der Waals surface area contributed by atoms with Crippen LogP contribution in [0.25, 0.3) is 5.69 Å². The van der Waals surface area contributed by atoms with Crippen LogP contribution in [0.2, 0.25) is 5.02 Å². The van der Waals surface area contributed by atoms with E-state index in [1.54, 1.807) is 65.9 Å². The number of amides is 2. The molecule has 0 saturated carbocycles. The normalized spacial score (nSPS) is 10.7. The molecule has 0 spiro atoms. The molecule has 2 amide bonds. The van der Waals surface area contributed by atoms with Crippen LogP contribution < -0.4 is 10.6 Å². The molecule has 0 fully saturated rings. The van der Waals surface area contributed by atoms with Gasteiger partial charge in [-0.3, -0.25) is 9.59 Å². The predicted octanol–water partition coefficient (Wildman–Crippen LogP) is 4.31. The fourth-order valence-electron chi connectivity index (χ4n) is 3.19. The third kappa shape index (κ3) is 5.22. The maximum atomic E-state index is 12.9. The summed E-state index contributed by atoms with van der Waals surface area (Å²) in [6.45, 7) is 2.37. The number of halogens is 1. The third-order valence-electron chi connectivity index (χ3n) is 4.69. The van der Waals surface area contributed by atoms with Gasteiger partial charge in [0.25, 0.3) is 5.91 Å². The quantitative estimate of drug-likeness (QED) is 0.440. The van der Waals surface area contributed by atoms with Gasteiger partial charge in [0.1, 0.15) is 5.82 Å². The van der Waals surface area contributed by atoms with Crippen LogP contribution in [0.1, 0.15) is 22.5 Å². The zero-order valence-corrected chi connectivity index (χ0v) is 18.1. The maximum absolute atomic E-state index is 12.9. The number of nitrogens with one attached hydrogen (secondary N) is 2. The van der Waals surface area contributed by atoms with Gasteiger partial charge < -0.3 is 15.2 Å². The summed E-state index contributed by atoms with van der Waals surface area (Å²) in [5, 5.41) is 10.7. The highest BCUT2D eigenvalue weighted by Crippen LogP contribution is 2.21. The van der Waals surface area contributed by atoms with Gasteiger partial charge in [-0.2, -0.15) is 5.10 Å². The SMILES string of the molecule is Cc1cc(NC(=O)c2cccc(NC(=O)CCn3ccnc3)c2)n(-c2cccc(Cl)c2)n1. The monoisotopic (exact) mass is 448 g/mol. The Labute approximate surface area is 189 Å². The number of carbonyl (C=O) groups is 2. The molecule has 162 valence electrons. The molecule has 0 radical (unpaired) electrons. The number of aromatic nitrogens is 4. The number of benzene rings is 2. The summed E-state index contributed by atoms with van der Waals surface area (Å²) in [6, 6.07) is 15.8. The lowest BCUT2D eigenvalue weighted by Crippen LogP contribution is -2.17. The number of carbonyl (C=O) groups excluding carboxylic acids is 2. The molecule has 4 aromatic rings. The Morgan fingerprint density at radius 3 is 2.69 bits per heavy atom. The minimum Gasteiger partial charge on any atom is -0.337 e. The van der Waals surface area contributed by atoms with Crippen LogP contribution in [0, 0.1) is 6.92 Å². The number of hydrogen-bond donors (Lipinski definition) is 2. The van der Waals surface area contributed by atoms with Gasteiger partial charge >= 0.3 is 0 Å². The highest BCUT2D eigenvalue weighted by Gasteiger charge is 2.14. The molecule has 2 aromatic heterocycles. The lowest BCUT2D eigenvalue weighted by Gasteiger charge is -2.11. The Hall–Kier alpha value is -3.91. The summed E-state index contributed by atoms with van der Waals surface area (Å²) in [5.41, 5.74) is 2.45. The summed E-state index contributed by atoms with van der Waals surface area (Å²) >= 11 is 6.10. The zero-order valence-electron chi connectivity index (χ0n) is 17.3. The van der Waals surface area contributed by atoms with Crippen LogP contribution in [-0.2, 0) is 11.3 Å². The first-order valence-electron chi connectivity index (χ1n) is 9.97. The Morgan fingerprint density at radius 1 is 1.06 bits per heavy atom. The molecule has 0 aliphatic heterocycles. The van der Waals surface area contributed by atoms with E-state index in [-0.39, 0.29) is 11.8 Å². The van der Waals surface area contributed by atoms with Crippen LogP contribution in [-0.4, -0.2) is 31.1 Å². The predicted molar refractivity (Wildman–Crippen MR) is 123 cm³/mol. The number of rotatable bonds is 7. The first-order valence-corrected chi connectivity index (χ1v) is 10.4. The van der Waals surface area contributed by atoms with Gasteiger partial charge in [-0.15, -0.1) is 0 Å². The van der Waals surface area contributed by atoms with Gasteiger partial charge in [0.2, 0.25) is 5.91 Å². The molecule has 8 nitrogen and oxygen atoms in total. The molecule has 0 saturated heterocycles. The summed E-state index contributed by atoms with van der Waals surface area (Å²) in [6.07, 6.45) is 5.42. The van der Waals surface area contributed by atoms with Crippen molar-refractivity contribution in [3.63, 3.8) is 0 Å². The van der Waals surface area contributed by atoms with Gasteiger partial charge in [-0.05, 0) is 43.3 Å². The summed E-state index contributed by atoms with van der Waals surface area (Å²) in [5.74, 6) is 0.0538. The maximum Gasteiger partial charge on any atom is 0.256 e. The first kappa shape index (κ1) is 21.3. The minimum absolute atomic E-state index is 0.147. The van der Waals surface area contributed by atoms with Gasteiger partial charge in [-0.1, -0.05) is 23.7 Å². The fourth-order valence-corrected chi connectivity index (χ4v) is 3.38. The summed E-state index contributed by atoms with van der Waals surface area (Å²) < 4.78 is 3.45. The van der Waals surface area contributed by atoms with Gasteiger partial charge in [0.15, 0.2) is 0 Å². The van der Waals surface area contributed by atoms with Gasteiger partial charge in [0, 0.05) is 47.7 Å². The van der Waals surface area contributed by atoms with E-state index in [4.69, 9.17) is 11.6 Å². The molecule has 9 heteroatoms. The number of nitrogens with zero attached hydrogens (tertiary/aromatic N) is 4. The largest absolute Gasteiger partial charge is 0.337 e. The van der Waals surface area contributed by atoms with Gasteiger partial charge in [-0.25, -0.2) is 9.67 Å². The molecule has 2 N–H and O–H groups in total. The van der Waals surface area contributed by atoms with Crippen LogP contribution in [0.4, 0.5) is 11.5 Å². The Balaban J connectivity index is 1.45. The first-order chi connectivity index (χ1) is 15.5. The van der Waals surface area contributed by atoms with Gasteiger partial charge in [0.05, 0.1) is 17.7 Å². The van der Waals surface area contributed by atoms with E-state index in [1.807, 2.05) is 23.6 Å². The second kappa shape index (κ2) is 9.49. The molecule has 0 atom stereocenters. The molecule has 32 heavy (non-hydrogen) atoms. The van der Waals surface area contributed by atoms with E-state index in [2.05, 4.69) is 20.7 Å². The van der Waals surface area contributed by atoms with Crippen molar-refractivity contribution in [1.82, 2.24) is 19.3 Å². The third-order valence-corrected chi connectivity index (χ3v) is 4.93. The molecule has 0 aliphatic rings. The summed E-state index contributed by atoms with van der Waals surface area (Å²) in [7, 11) is 0. The molecular weight excluding hydrogens is 428 g/mol. The van der Waals surface area contributed by atoms with E-state index in [9.17, 15) is 9.59 Å². The van der Waals surface area contributed by atoms with E-state index in [0.29, 0.717) is 35.1 Å². The average molecular weight is 449 g/mol. The van der Waals surface area contributed by atoms with Crippen LogP contribution >= 0.6 is 11.6 Å². The summed E-state index contributed by atoms with van der Waals surface area (Å²) in [4.78, 5) is 29.1. The van der Waals surface area contributed by atoms with Crippen molar-refractivity contribution in [3.05, 3.63) is 89.6 Å². The number of aryl methyl sites for hydroxylation is 2. The Bertz CT molecular complexity index is 1250. The molecule has 2 aromatic carbocycles. The molecule has 4 rings (SSSR count).